The van der Waals surface area contributed by atoms with Gasteiger partial charge < -0.3 is 15.2 Å². The number of carbonyl (C=O) groups is 2. The lowest BCUT2D eigenvalue weighted by atomic mass is 9.98. The van der Waals surface area contributed by atoms with E-state index in [4.69, 9.17) is 9.84 Å². The van der Waals surface area contributed by atoms with Gasteiger partial charge in [0, 0.05) is 13.1 Å². The van der Waals surface area contributed by atoms with E-state index in [0.717, 1.165) is 0 Å². The first-order valence-electron chi connectivity index (χ1n) is 5.51. The lowest BCUT2D eigenvalue weighted by Crippen LogP contribution is -2.58. The summed E-state index contributed by atoms with van der Waals surface area (Å²) in [6.07, 6.45) is 0.0768. The van der Waals surface area contributed by atoms with Gasteiger partial charge in [0.25, 0.3) is 0 Å². The Morgan fingerprint density at radius 2 is 2.00 bits per heavy atom. The molecule has 0 aromatic carbocycles. The van der Waals surface area contributed by atoms with Crippen LogP contribution in [0.5, 0.6) is 0 Å². The van der Waals surface area contributed by atoms with Gasteiger partial charge in [-0.3, -0.25) is 9.59 Å². The van der Waals surface area contributed by atoms with Crippen LogP contribution < -0.4 is 5.32 Å². The summed E-state index contributed by atoms with van der Waals surface area (Å²) in [4.78, 5) is 22.2. The van der Waals surface area contributed by atoms with E-state index in [1.807, 2.05) is 20.8 Å². The summed E-state index contributed by atoms with van der Waals surface area (Å²) in [7, 11) is 0. The molecule has 0 aromatic heterocycles. The van der Waals surface area contributed by atoms with E-state index in [2.05, 4.69) is 5.32 Å². The quantitative estimate of drug-likeness (QED) is 0.715. The first kappa shape index (κ1) is 14.3. The van der Waals surface area contributed by atoms with E-state index >= 15 is 0 Å². The molecule has 0 bridgehead atoms. The Labute approximate surface area is 105 Å². The summed E-state index contributed by atoms with van der Waals surface area (Å²) in [5.41, 5.74) is -0.491. The second-order valence-corrected chi connectivity index (χ2v) is 6.68. The van der Waals surface area contributed by atoms with Crippen molar-refractivity contribution in [3.63, 3.8) is 0 Å². The molecule has 1 rings (SSSR count). The van der Waals surface area contributed by atoms with Gasteiger partial charge in [-0.05, 0) is 20.8 Å². The van der Waals surface area contributed by atoms with Gasteiger partial charge in [-0.15, -0.1) is 11.8 Å². The molecule has 0 atom stereocenters. The Bertz CT molecular complexity index is 307. The van der Waals surface area contributed by atoms with Crippen molar-refractivity contribution in [2.24, 2.45) is 0 Å². The van der Waals surface area contributed by atoms with Crippen LogP contribution in [-0.2, 0) is 14.3 Å². The molecule has 0 spiro atoms. The van der Waals surface area contributed by atoms with Gasteiger partial charge in [0.15, 0.2) is 0 Å². The molecule has 1 heterocycles. The van der Waals surface area contributed by atoms with E-state index in [1.165, 1.54) is 11.8 Å². The standard InChI is InChI=1S/C11H19NO4S/c1-10(2,3)16-9(15)5-17-11(4-8(13)14)6-12-7-11/h12H,4-7H2,1-3H3,(H,13,14). The van der Waals surface area contributed by atoms with Gasteiger partial charge in [0.2, 0.25) is 0 Å². The smallest absolute Gasteiger partial charge is 0.316 e. The fraction of sp³-hybridized carbons (Fsp3) is 0.818. The third-order valence-electron chi connectivity index (χ3n) is 2.28. The maximum Gasteiger partial charge on any atom is 0.316 e. The van der Waals surface area contributed by atoms with Gasteiger partial charge >= 0.3 is 11.9 Å². The van der Waals surface area contributed by atoms with Crippen LogP contribution in [-0.4, -0.2) is 46.2 Å². The van der Waals surface area contributed by atoms with Crippen LogP contribution in [0.3, 0.4) is 0 Å². The summed E-state index contributed by atoms with van der Waals surface area (Å²) >= 11 is 1.37. The van der Waals surface area contributed by atoms with Gasteiger partial charge in [0.05, 0.1) is 16.9 Å². The van der Waals surface area contributed by atoms with Crippen LogP contribution in [0.25, 0.3) is 0 Å². The van der Waals surface area contributed by atoms with Crippen molar-refractivity contribution >= 4 is 23.7 Å². The third-order valence-corrected chi connectivity index (χ3v) is 3.71. The van der Waals surface area contributed by atoms with Gasteiger partial charge in [-0.1, -0.05) is 0 Å². The average molecular weight is 261 g/mol. The molecule has 0 saturated carbocycles. The topological polar surface area (TPSA) is 75.6 Å². The highest BCUT2D eigenvalue weighted by Crippen LogP contribution is 2.33. The summed E-state index contributed by atoms with van der Waals surface area (Å²) in [5.74, 6) is -0.922. The van der Waals surface area contributed by atoms with E-state index in [-0.39, 0.29) is 22.9 Å². The van der Waals surface area contributed by atoms with Crippen molar-refractivity contribution in [1.82, 2.24) is 5.32 Å². The van der Waals surface area contributed by atoms with Gasteiger partial charge in [-0.25, -0.2) is 0 Å². The van der Waals surface area contributed by atoms with Crippen LogP contribution in [0, 0.1) is 0 Å². The molecule has 0 unspecified atom stereocenters. The second kappa shape index (κ2) is 5.27. The Morgan fingerprint density at radius 1 is 1.41 bits per heavy atom. The van der Waals surface area contributed by atoms with Gasteiger partial charge in [-0.2, -0.15) is 0 Å². The Hall–Kier alpha value is -0.750. The molecule has 0 radical (unpaired) electrons. The maximum atomic E-state index is 11.5. The molecule has 1 aliphatic heterocycles. The maximum absolute atomic E-state index is 11.5. The van der Waals surface area contributed by atoms with Crippen molar-refractivity contribution in [2.45, 2.75) is 37.5 Å². The minimum absolute atomic E-state index is 0.0768. The minimum Gasteiger partial charge on any atom is -0.481 e. The first-order chi connectivity index (χ1) is 7.72. The molecule has 0 amide bonds. The lowest BCUT2D eigenvalue weighted by molar-refractivity contribution is -0.151. The molecule has 98 valence electrons. The van der Waals surface area contributed by atoms with E-state index in [1.54, 1.807) is 0 Å². The zero-order valence-corrected chi connectivity index (χ0v) is 11.2. The number of thioether (sulfide) groups is 1. The number of carboxylic acid groups (broad SMARTS) is 1. The highest BCUT2D eigenvalue weighted by Gasteiger charge is 2.40. The number of carbonyl (C=O) groups excluding carboxylic acids is 1. The molecule has 1 fully saturated rings. The molecule has 1 aliphatic rings. The van der Waals surface area contributed by atoms with Crippen LogP contribution >= 0.6 is 11.8 Å². The highest BCUT2D eigenvalue weighted by molar-refractivity contribution is 8.01. The molecular formula is C11H19NO4S. The van der Waals surface area contributed by atoms with Crippen LogP contribution in [0.1, 0.15) is 27.2 Å². The number of aliphatic carboxylic acids is 1. The molecule has 6 heteroatoms. The van der Waals surface area contributed by atoms with Crippen LogP contribution in [0.15, 0.2) is 0 Å². The molecule has 0 aliphatic carbocycles. The minimum atomic E-state index is -0.830. The molecule has 1 saturated heterocycles. The van der Waals surface area contributed by atoms with Crippen molar-refractivity contribution in [3.05, 3.63) is 0 Å². The lowest BCUT2D eigenvalue weighted by Gasteiger charge is -2.40. The number of nitrogens with one attached hydrogen (secondary N) is 1. The zero-order valence-electron chi connectivity index (χ0n) is 10.4. The second-order valence-electron chi connectivity index (χ2n) is 5.23. The monoisotopic (exact) mass is 261 g/mol. The van der Waals surface area contributed by atoms with Crippen LogP contribution in [0.2, 0.25) is 0 Å². The van der Waals surface area contributed by atoms with E-state index in [0.29, 0.717) is 13.1 Å². The number of hydrogen-bond acceptors (Lipinski definition) is 5. The zero-order chi connectivity index (χ0) is 13.1. The summed E-state index contributed by atoms with van der Waals surface area (Å²) in [5, 5.41) is 11.9. The number of esters is 1. The van der Waals surface area contributed by atoms with Crippen LogP contribution in [0.4, 0.5) is 0 Å². The predicted octanol–water partition coefficient (Wildman–Crippen LogP) is 0.878. The summed E-state index contributed by atoms with van der Waals surface area (Å²) in [6.45, 7) is 6.70. The molecule has 17 heavy (non-hydrogen) atoms. The number of ether oxygens (including phenoxy) is 1. The largest absolute Gasteiger partial charge is 0.481 e. The van der Waals surface area contributed by atoms with Crippen molar-refractivity contribution < 1.29 is 19.4 Å². The molecule has 2 N–H and O–H groups in total. The van der Waals surface area contributed by atoms with Gasteiger partial charge in [0.1, 0.15) is 5.60 Å². The van der Waals surface area contributed by atoms with Crippen molar-refractivity contribution in [3.8, 4) is 0 Å². The van der Waals surface area contributed by atoms with E-state index in [9.17, 15) is 9.59 Å². The predicted molar refractivity (Wildman–Crippen MR) is 66.2 cm³/mol. The fourth-order valence-corrected chi connectivity index (χ4v) is 2.66. The Kier molecular flexibility index (Phi) is 4.43. The first-order valence-corrected chi connectivity index (χ1v) is 6.49. The van der Waals surface area contributed by atoms with Crippen molar-refractivity contribution in [2.75, 3.05) is 18.8 Å². The average Bonchev–Trinajstić information content (AvgIpc) is 2.05. The Morgan fingerprint density at radius 3 is 2.35 bits per heavy atom. The summed E-state index contributed by atoms with van der Waals surface area (Å²) in [6, 6.07) is 0. The molecular weight excluding hydrogens is 242 g/mol. The normalized spacial score (nSPS) is 18.3. The van der Waals surface area contributed by atoms with E-state index < -0.39 is 11.6 Å². The third kappa shape index (κ3) is 4.95. The number of carboxylic acids is 1. The SMILES string of the molecule is CC(C)(C)OC(=O)CSC1(CC(=O)O)CNC1. The summed E-state index contributed by atoms with van der Waals surface area (Å²) < 4.78 is 4.83. The number of rotatable bonds is 5. The molecule has 5 nitrogen and oxygen atoms in total. The fourth-order valence-electron chi connectivity index (χ4n) is 1.54. The van der Waals surface area contributed by atoms with Crippen molar-refractivity contribution in [1.29, 1.82) is 0 Å². The highest BCUT2D eigenvalue weighted by atomic mass is 32.2. The molecule has 0 aromatic rings. The Balaban J connectivity index is 2.38. The number of hydrogen-bond donors (Lipinski definition) is 2.